The zero-order valence-electron chi connectivity index (χ0n) is 14.8. The lowest BCUT2D eigenvalue weighted by Gasteiger charge is -2.08. The SMILES string of the molecule is CSc1nc(C)cc(Oc2ccc(OCCOc3ccc(Br)cc3)nn2)n1. The molecular weight excluding hydrogens is 432 g/mol. The first-order valence-corrected chi connectivity index (χ1v) is 10.1. The molecule has 3 aromatic rings. The average molecular weight is 449 g/mol. The summed E-state index contributed by atoms with van der Waals surface area (Å²) >= 11 is 4.83. The minimum atomic E-state index is 0.332. The molecule has 0 atom stereocenters. The first-order valence-electron chi connectivity index (χ1n) is 8.05. The standard InChI is InChI=1S/C18H17BrN4O3S/c1-12-11-17(21-18(20-12)27-2)26-16-8-7-15(22-23-16)25-10-9-24-14-5-3-13(19)4-6-14/h3-8,11H,9-10H2,1-2H3. The summed E-state index contributed by atoms with van der Waals surface area (Å²) in [6, 6.07) is 12.7. The second-order valence-electron chi connectivity index (χ2n) is 5.30. The minimum Gasteiger partial charge on any atom is -0.490 e. The Morgan fingerprint density at radius 3 is 2.30 bits per heavy atom. The molecule has 0 aliphatic carbocycles. The van der Waals surface area contributed by atoms with E-state index in [9.17, 15) is 0 Å². The number of hydrogen-bond donors (Lipinski definition) is 0. The normalized spacial score (nSPS) is 10.5. The Morgan fingerprint density at radius 1 is 0.889 bits per heavy atom. The van der Waals surface area contributed by atoms with E-state index < -0.39 is 0 Å². The predicted octanol–water partition coefficient (Wildman–Crippen LogP) is 4.31. The summed E-state index contributed by atoms with van der Waals surface area (Å²) in [6.45, 7) is 2.64. The van der Waals surface area contributed by atoms with E-state index in [0.29, 0.717) is 36.0 Å². The van der Waals surface area contributed by atoms with Gasteiger partial charge in [0.25, 0.3) is 0 Å². The van der Waals surface area contributed by atoms with Crippen molar-refractivity contribution >= 4 is 27.7 Å². The Kier molecular flexibility index (Phi) is 6.83. The fraction of sp³-hybridized carbons (Fsp3) is 0.222. The second-order valence-corrected chi connectivity index (χ2v) is 6.99. The molecule has 0 aliphatic heterocycles. The van der Waals surface area contributed by atoms with Crippen LogP contribution >= 0.6 is 27.7 Å². The van der Waals surface area contributed by atoms with Gasteiger partial charge < -0.3 is 14.2 Å². The van der Waals surface area contributed by atoms with Gasteiger partial charge in [0.05, 0.1) is 0 Å². The molecule has 9 heteroatoms. The fourth-order valence-electron chi connectivity index (χ4n) is 2.04. The fourth-order valence-corrected chi connectivity index (χ4v) is 2.72. The molecule has 0 bridgehead atoms. The molecule has 2 heterocycles. The van der Waals surface area contributed by atoms with Crippen molar-refractivity contribution in [2.75, 3.05) is 19.5 Å². The average Bonchev–Trinajstić information content (AvgIpc) is 2.67. The van der Waals surface area contributed by atoms with Crippen molar-refractivity contribution < 1.29 is 14.2 Å². The van der Waals surface area contributed by atoms with Gasteiger partial charge in [-0.25, -0.2) is 4.98 Å². The quantitative estimate of drug-likeness (QED) is 0.286. The topological polar surface area (TPSA) is 79.2 Å². The number of thioether (sulfide) groups is 1. The van der Waals surface area contributed by atoms with Gasteiger partial charge in [-0.05, 0) is 37.4 Å². The second kappa shape index (κ2) is 9.52. The largest absolute Gasteiger partial charge is 0.490 e. The molecule has 0 radical (unpaired) electrons. The van der Waals surface area contributed by atoms with Crippen LogP contribution in [0.1, 0.15) is 5.69 Å². The van der Waals surface area contributed by atoms with Gasteiger partial charge in [0, 0.05) is 28.4 Å². The summed E-state index contributed by atoms with van der Waals surface area (Å²) in [4.78, 5) is 8.55. The van der Waals surface area contributed by atoms with Crippen molar-refractivity contribution in [1.82, 2.24) is 20.2 Å². The molecule has 0 N–H and O–H groups in total. The Hall–Kier alpha value is -2.39. The van der Waals surface area contributed by atoms with E-state index in [1.54, 1.807) is 18.2 Å². The molecule has 27 heavy (non-hydrogen) atoms. The molecule has 0 saturated carbocycles. The van der Waals surface area contributed by atoms with Gasteiger partial charge in [-0.2, -0.15) is 4.98 Å². The smallest absolute Gasteiger partial charge is 0.241 e. The Labute approximate surface area is 169 Å². The van der Waals surface area contributed by atoms with Crippen molar-refractivity contribution in [3.63, 3.8) is 0 Å². The summed E-state index contributed by atoms with van der Waals surface area (Å²) in [5, 5.41) is 8.63. The Bertz CT molecular complexity index is 879. The third-order valence-corrected chi connectivity index (χ3v) is 4.31. The van der Waals surface area contributed by atoms with Crippen LogP contribution in [0, 0.1) is 6.92 Å². The molecule has 1 aromatic carbocycles. The molecule has 0 spiro atoms. The molecular formula is C18H17BrN4O3S. The lowest BCUT2D eigenvalue weighted by atomic mass is 10.3. The lowest BCUT2D eigenvalue weighted by Crippen LogP contribution is -2.10. The highest BCUT2D eigenvalue weighted by molar-refractivity contribution is 9.10. The first kappa shape index (κ1) is 19.4. The van der Waals surface area contributed by atoms with Crippen molar-refractivity contribution in [3.8, 4) is 23.4 Å². The van der Waals surface area contributed by atoms with Gasteiger partial charge in [0.2, 0.25) is 17.6 Å². The third kappa shape index (κ3) is 6.07. The molecule has 3 rings (SSSR count). The monoisotopic (exact) mass is 448 g/mol. The van der Waals surface area contributed by atoms with E-state index in [2.05, 4.69) is 36.1 Å². The molecule has 0 fully saturated rings. The molecule has 0 unspecified atom stereocenters. The van der Waals surface area contributed by atoms with Gasteiger partial charge >= 0.3 is 0 Å². The number of hydrogen-bond acceptors (Lipinski definition) is 8. The highest BCUT2D eigenvalue weighted by Gasteiger charge is 2.06. The van der Waals surface area contributed by atoms with E-state index in [1.165, 1.54) is 11.8 Å². The number of ether oxygens (including phenoxy) is 3. The van der Waals surface area contributed by atoms with Crippen LogP contribution in [0.4, 0.5) is 0 Å². The maximum atomic E-state index is 5.63. The highest BCUT2D eigenvalue weighted by atomic mass is 79.9. The van der Waals surface area contributed by atoms with Crippen molar-refractivity contribution in [3.05, 3.63) is 52.6 Å². The summed E-state index contributed by atoms with van der Waals surface area (Å²) < 4.78 is 17.7. The van der Waals surface area contributed by atoms with Crippen LogP contribution < -0.4 is 14.2 Å². The van der Waals surface area contributed by atoms with E-state index in [-0.39, 0.29) is 0 Å². The summed E-state index contributed by atoms with van der Waals surface area (Å²) in [5.41, 5.74) is 0.822. The maximum absolute atomic E-state index is 5.63. The highest BCUT2D eigenvalue weighted by Crippen LogP contribution is 2.21. The minimum absolute atomic E-state index is 0.332. The van der Waals surface area contributed by atoms with E-state index in [4.69, 9.17) is 14.2 Å². The van der Waals surface area contributed by atoms with Crippen molar-refractivity contribution in [2.45, 2.75) is 12.1 Å². The number of aryl methyl sites for hydroxylation is 1. The van der Waals surface area contributed by atoms with Gasteiger partial charge in [0.1, 0.15) is 19.0 Å². The Balaban J connectivity index is 1.48. The van der Waals surface area contributed by atoms with E-state index in [0.717, 1.165) is 15.9 Å². The van der Waals surface area contributed by atoms with Crippen molar-refractivity contribution in [2.24, 2.45) is 0 Å². The third-order valence-electron chi connectivity index (χ3n) is 3.23. The first-order chi connectivity index (χ1) is 13.1. The summed E-state index contributed by atoms with van der Waals surface area (Å²) in [5.74, 6) is 1.93. The molecule has 140 valence electrons. The van der Waals surface area contributed by atoms with E-state index >= 15 is 0 Å². The van der Waals surface area contributed by atoms with Crippen LogP contribution in [0.2, 0.25) is 0 Å². The van der Waals surface area contributed by atoms with Gasteiger partial charge in [-0.1, -0.05) is 27.7 Å². The number of halogens is 1. The zero-order valence-corrected chi connectivity index (χ0v) is 17.2. The van der Waals surface area contributed by atoms with Crippen molar-refractivity contribution in [1.29, 1.82) is 0 Å². The molecule has 7 nitrogen and oxygen atoms in total. The number of benzene rings is 1. The molecule has 0 amide bonds. The van der Waals surface area contributed by atoms with Crippen LogP contribution in [-0.4, -0.2) is 39.6 Å². The number of aromatic nitrogens is 4. The van der Waals surface area contributed by atoms with Crippen LogP contribution in [0.3, 0.4) is 0 Å². The lowest BCUT2D eigenvalue weighted by molar-refractivity contribution is 0.210. The Morgan fingerprint density at radius 2 is 1.59 bits per heavy atom. The number of nitrogens with zero attached hydrogens (tertiary/aromatic N) is 4. The van der Waals surface area contributed by atoms with E-state index in [1.807, 2.05) is 37.4 Å². The van der Waals surface area contributed by atoms with Crippen LogP contribution in [-0.2, 0) is 0 Å². The van der Waals surface area contributed by atoms with Gasteiger partial charge in [-0.3, -0.25) is 0 Å². The number of rotatable bonds is 8. The van der Waals surface area contributed by atoms with Gasteiger partial charge in [0.15, 0.2) is 5.16 Å². The predicted molar refractivity (Wildman–Crippen MR) is 106 cm³/mol. The van der Waals surface area contributed by atoms with Crippen LogP contribution in [0.25, 0.3) is 0 Å². The molecule has 2 aromatic heterocycles. The summed E-state index contributed by atoms with van der Waals surface area (Å²) in [6.07, 6.45) is 1.91. The zero-order chi connectivity index (χ0) is 19.1. The molecule has 0 saturated heterocycles. The maximum Gasteiger partial charge on any atom is 0.241 e. The summed E-state index contributed by atoms with van der Waals surface area (Å²) in [7, 11) is 0. The van der Waals surface area contributed by atoms with Gasteiger partial charge in [-0.15, -0.1) is 10.2 Å². The van der Waals surface area contributed by atoms with Crippen LogP contribution in [0.15, 0.2) is 52.1 Å². The molecule has 0 aliphatic rings. The van der Waals surface area contributed by atoms with Crippen LogP contribution in [0.5, 0.6) is 23.4 Å².